The summed E-state index contributed by atoms with van der Waals surface area (Å²) in [5.41, 5.74) is 7.35. The third-order valence-electron chi connectivity index (χ3n) is 7.06. The molecule has 0 bridgehead atoms. The largest absolute Gasteiger partial charge is 0.493 e. The molecule has 1 amide bonds. The summed E-state index contributed by atoms with van der Waals surface area (Å²) >= 11 is 5.95. The molecule has 1 unspecified atom stereocenters. The van der Waals surface area contributed by atoms with Gasteiger partial charge >= 0.3 is 0 Å². The Balaban J connectivity index is 1.51. The maximum atomic E-state index is 13.2. The second-order valence-corrected chi connectivity index (χ2v) is 9.73. The van der Waals surface area contributed by atoms with Crippen LogP contribution < -0.4 is 10.5 Å². The topological polar surface area (TPSA) is 52.3 Å². The number of rotatable bonds is 9. The van der Waals surface area contributed by atoms with Crippen molar-refractivity contribution in [2.24, 2.45) is 11.7 Å². The molecule has 5 heteroatoms. The second-order valence-electron chi connectivity index (χ2n) is 9.30. The lowest BCUT2D eigenvalue weighted by molar-refractivity contribution is -0.899. The Hall–Kier alpha value is -2.82. The molecule has 0 aliphatic carbocycles. The molecule has 4 rings (SSSR count). The minimum atomic E-state index is -0.835. The number of nitrogens with two attached hydrogens (primary N) is 1. The summed E-state index contributed by atoms with van der Waals surface area (Å²) in [6, 6.07) is 27.6. The van der Waals surface area contributed by atoms with Crippen LogP contribution in [0.4, 0.5) is 0 Å². The van der Waals surface area contributed by atoms with Crippen molar-refractivity contribution in [3.8, 4) is 5.75 Å². The lowest BCUT2D eigenvalue weighted by Gasteiger charge is -2.38. The highest BCUT2D eigenvalue weighted by atomic mass is 35.5. The first-order valence-corrected chi connectivity index (χ1v) is 11.9. The van der Waals surface area contributed by atoms with E-state index >= 15 is 0 Å². The zero-order valence-electron chi connectivity index (χ0n) is 19.1. The second kappa shape index (κ2) is 9.98. The Morgan fingerprint density at radius 3 is 2.12 bits per heavy atom. The quantitative estimate of drug-likeness (QED) is 0.356. The van der Waals surface area contributed by atoms with E-state index in [0.29, 0.717) is 11.6 Å². The number of halogens is 1. The van der Waals surface area contributed by atoms with Crippen molar-refractivity contribution in [3.63, 3.8) is 0 Å². The molecule has 3 aromatic carbocycles. The van der Waals surface area contributed by atoms with Gasteiger partial charge in [0.05, 0.1) is 33.3 Å². The number of hydrogen-bond donors (Lipinski definition) is 1. The van der Waals surface area contributed by atoms with Crippen LogP contribution in [-0.4, -0.2) is 43.7 Å². The fraction of sp³-hybridized carbons (Fsp3) is 0.321. The Labute approximate surface area is 201 Å². The number of benzene rings is 3. The first-order chi connectivity index (χ1) is 15.9. The molecule has 0 aromatic heterocycles. The van der Waals surface area contributed by atoms with Gasteiger partial charge in [-0.25, -0.2) is 0 Å². The molecule has 172 valence electrons. The summed E-state index contributed by atoms with van der Waals surface area (Å²) in [4.78, 5) is 13.2. The van der Waals surface area contributed by atoms with Gasteiger partial charge in [-0.05, 0) is 35.4 Å². The molecule has 1 aliphatic heterocycles. The van der Waals surface area contributed by atoms with Crippen LogP contribution in [0.2, 0.25) is 5.02 Å². The average Bonchev–Trinajstić information content (AvgIpc) is 3.22. The van der Waals surface area contributed by atoms with E-state index in [2.05, 4.69) is 7.05 Å². The number of carbonyl (C=O) groups excluding carboxylic acids is 1. The number of carbonyl (C=O) groups is 1. The van der Waals surface area contributed by atoms with Crippen molar-refractivity contribution in [2.75, 3.05) is 33.3 Å². The number of likely N-dealkylation sites (tertiary alicyclic amines) is 1. The molecule has 0 spiro atoms. The minimum Gasteiger partial charge on any atom is -0.493 e. The van der Waals surface area contributed by atoms with Gasteiger partial charge in [0, 0.05) is 23.8 Å². The van der Waals surface area contributed by atoms with Gasteiger partial charge in [0.1, 0.15) is 11.2 Å². The fourth-order valence-corrected chi connectivity index (χ4v) is 5.56. The zero-order valence-corrected chi connectivity index (χ0v) is 19.9. The summed E-state index contributed by atoms with van der Waals surface area (Å²) in [5, 5.41) is 0.707. The van der Waals surface area contributed by atoms with E-state index in [9.17, 15) is 4.79 Å². The van der Waals surface area contributed by atoms with E-state index in [4.69, 9.17) is 22.1 Å². The van der Waals surface area contributed by atoms with Crippen molar-refractivity contribution in [2.45, 2.75) is 18.3 Å². The number of primary amides is 1. The van der Waals surface area contributed by atoms with Crippen molar-refractivity contribution in [3.05, 3.63) is 101 Å². The van der Waals surface area contributed by atoms with Crippen molar-refractivity contribution in [1.29, 1.82) is 0 Å². The number of amides is 1. The highest BCUT2D eigenvalue weighted by Gasteiger charge is 2.53. The molecule has 1 heterocycles. The molecule has 1 fully saturated rings. The van der Waals surface area contributed by atoms with Gasteiger partial charge in [0.25, 0.3) is 0 Å². The molecular weight excluding hydrogens is 432 g/mol. The minimum absolute atomic E-state index is 0.127. The predicted molar refractivity (Wildman–Crippen MR) is 133 cm³/mol. The van der Waals surface area contributed by atoms with E-state index in [-0.39, 0.29) is 11.8 Å². The normalized spacial score (nSPS) is 20.5. The molecular formula is C28H32ClN2O2+. The van der Waals surface area contributed by atoms with Gasteiger partial charge in [-0.15, -0.1) is 0 Å². The maximum absolute atomic E-state index is 13.2. The third-order valence-corrected chi connectivity index (χ3v) is 7.31. The molecule has 1 saturated heterocycles. The lowest BCUT2D eigenvalue weighted by atomic mass is 9.64. The molecule has 0 saturated carbocycles. The van der Waals surface area contributed by atoms with Crippen LogP contribution in [0.5, 0.6) is 5.75 Å². The standard InChI is InChI=1S/C28H31ClN2O2/c1-31(18-8-20-33-26-15-13-25(29)14-16-26)19-17-24(21-31)28(27(30)32,22-9-4-2-5-10-22)23-11-6-3-7-12-23/h2-7,9-16,24H,8,17-21H2,1H3,(H-,30,32)/p+1/t24-,31?/m1/s1. The van der Waals surface area contributed by atoms with Gasteiger partial charge in [0.2, 0.25) is 5.91 Å². The lowest BCUT2D eigenvalue weighted by Crippen LogP contribution is -2.51. The Morgan fingerprint density at radius 2 is 1.58 bits per heavy atom. The first kappa shape index (κ1) is 23.3. The maximum Gasteiger partial charge on any atom is 0.233 e. The molecule has 33 heavy (non-hydrogen) atoms. The Kier molecular flexibility index (Phi) is 7.06. The summed E-state index contributed by atoms with van der Waals surface area (Å²) in [6.45, 7) is 3.55. The summed E-state index contributed by atoms with van der Waals surface area (Å²) in [7, 11) is 2.28. The van der Waals surface area contributed by atoms with Crippen LogP contribution in [0, 0.1) is 5.92 Å². The van der Waals surface area contributed by atoms with Crippen molar-refractivity contribution < 1.29 is 14.0 Å². The van der Waals surface area contributed by atoms with E-state index in [1.54, 1.807) is 0 Å². The van der Waals surface area contributed by atoms with Gasteiger partial charge < -0.3 is 15.0 Å². The van der Waals surface area contributed by atoms with Gasteiger partial charge in [-0.1, -0.05) is 72.3 Å². The number of nitrogens with zero attached hydrogens (tertiary/aromatic N) is 1. The highest BCUT2D eigenvalue weighted by Crippen LogP contribution is 2.45. The first-order valence-electron chi connectivity index (χ1n) is 11.6. The van der Waals surface area contributed by atoms with E-state index in [0.717, 1.165) is 53.8 Å². The molecule has 2 atom stereocenters. The SMILES string of the molecule is C[N+]1(CCCOc2ccc(Cl)cc2)CC[C@@H](C(C(N)=O)(c2ccccc2)c2ccccc2)C1. The predicted octanol–water partition coefficient (Wildman–Crippen LogP) is 5.05. The number of hydrogen-bond acceptors (Lipinski definition) is 2. The van der Waals surface area contributed by atoms with Crippen LogP contribution in [-0.2, 0) is 10.2 Å². The average molecular weight is 464 g/mol. The summed E-state index contributed by atoms with van der Waals surface area (Å²) in [5.74, 6) is 0.689. The zero-order chi connectivity index (χ0) is 23.3. The van der Waals surface area contributed by atoms with Gasteiger partial charge in [-0.3, -0.25) is 4.79 Å². The van der Waals surface area contributed by atoms with Crippen molar-refractivity contribution >= 4 is 17.5 Å². The molecule has 4 nitrogen and oxygen atoms in total. The molecule has 3 aromatic rings. The van der Waals surface area contributed by atoms with Gasteiger partial charge in [0.15, 0.2) is 0 Å². The molecule has 2 N–H and O–H groups in total. The smallest absolute Gasteiger partial charge is 0.233 e. The number of quaternary nitrogens is 1. The third kappa shape index (κ3) is 4.92. The van der Waals surface area contributed by atoms with Crippen LogP contribution in [0.1, 0.15) is 24.0 Å². The summed E-state index contributed by atoms with van der Waals surface area (Å²) in [6.07, 6.45) is 1.88. The van der Waals surface area contributed by atoms with E-state index < -0.39 is 5.41 Å². The van der Waals surface area contributed by atoms with Gasteiger partial charge in [-0.2, -0.15) is 0 Å². The van der Waals surface area contributed by atoms with Crippen LogP contribution >= 0.6 is 11.6 Å². The fourth-order valence-electron chi connectivity index (χ4n) is 5.43. The van der Waals surface area contributed by atoms with Crippen LogP contribution in [0.15, 0.2) is 84.9 Å². The summed E-state index contributed by atoms with van der Waals surface area (Å²) < 4.78 is 6.80. The highest BCUT2D eigenvalue weighted by molar-refractivity contribution is 6.30. The van der Waals surface area contributed by atoms with Crippen LogP contribution in [0.25, 0.3) is 0 Å². The number of ether oxygens (including phenoxy) is 1. The van der Waals surface area contributed by atoms with E-state index in [1.165, 1.54) is 0 Å². The Bertz CT molecular complexity index is 1020. The van der Waals surface area contributed by atoms with E-state index in [1.807, 2.05) is 84.9 Å². The Morgan fingerprint density at radius 1 is 1.00 bits per heavy atom. The van der Waals surface area contributed by atoms with Crippen LogP contribution in [0.3, 0.4) is 0 Å². The monoisotopic (exact) mass is 463 g/mol. The van der Waals surface area contributed by atoms with Crippen molar-refractivity contribution in [1.82, 2.24) is 0 Å². The molecule has 0 radical (unpaired) electrons. The molecule has 1 aliphatic rings.